The quantitative estimate of drug-likeness (QED) is 0.821. The van der Waals surface area contributed by atoms with Crippen LogP contribution in [0.25, 0.3) is 0 Å². The van der Waals surface area contributed by atoms with E-state index in [4.69, 9.17) is 5.73 Å². The number of sulfonamides is 1. The minimum absolute atomic E-state index is 0.203. The normalized spacial score (nSPS) is 11.8. The first-order valence-electron chi connectivity index (χ1n) is 6.40. The SMILES string of the molecule is CCN(Cc1ccccn1)S(=O)(=O)c1ccc(N)cc1Br. The highest BCUT2D eigenvalue weighted by atomic mass is 79.9. The number of rotatable bonds is 5. The molecule has 0 bridgehead atoms. The van der Waals surface area contributed by atoms with Gasteiger partial charge in [-0.3, -0.25) is 4.98 Å². The molecule has 0 spiro atoms. The molecule has 0 aliphatic heterocycles. The average Bonchev–Trinajstić information content (AvgIpc) is 2.45. The van der Waals surface area contributed by atoms with Crippen LogP contribution >= 0.6 is 15.9 Å². The Morgan fingerprint density at radius 1 is 1.29 bits per heavy atom. The van der Waals surface area contributed by atoms with E-state index in [9.17, 15) is 8.42 Å². The molecular formula is C14H16BrN3O2S. The number of hydrogen-bond donors (Lipinski definition) is 1. The Morgan fingerprint density at radius 2 is 2.05 bits per heavy atom. The molecule has 0 unspecified atom stereocenters. The summed E-state index contributed by atoms with van der Waals surface area (Å²) < 4.78 is 27.3. The number of nitrogens with zero attached hydrogens (tertiary/aromatic N) is 2. The van der Waals surface area contributed by atoms with Gasteiger partial charge in [-0.05, 0) is 46.3 Å². The maximum Gasteiger partial charge on any atom is 0.244 e. The molecule has 0 saturated heterocycles. The maximum absolute atomic E-state index is 12.7. The van der Waals surface area contributed by atoms with E-state index in [-0.39, 0.29) is 11.4 Å². The molecule has 2 N–H and O–H groups in total. The van der Waals surface area contributed by atoms with Crippen LogP contribution in [0.3, 0.4) is 0 Å². The van der Waals surface area contributed by atoms with E-state index in [1.165, 1.54) is 10.4 Å². The molecule has 0 amide bonds. The van der Waals surface area contributed by atoms with Crippen LogP contribution < -0.4 is 5.73 Å². The van der Waals surface area contributed by atoms with Crippen molar-refractivity contribution in [3.05, 3.63) is 52.8 Å². The Hall–Kier alpha value is -1.44. The second-order valence-corrected chi connectivity index (χ2v) is 7.20. The maximum atomic E-state index is 12.7. The fourth-order valence-corrected chi connectivity index (χ4v) is 4.38. The van der Waals surface area contributed by atoms with Crippen molar-refractivity contribution in [2.45, 2.75) is 18.4 Å². The van der Waals surface area contributed by atoms with Crippen LogP contribution in [-0.4, -0.2) is 24.3 Å². The smallest absolute Gasteiger partial charge is 0.244 e. The lowest BCUT2D eigenvalue weighted by molar-refractivity contribution is 0.419. The van der Waals surface area contributed by atoms with Crippen molar-refractivity contribution in [3.63, 3.8) is 0 Å². The molecule has 0 aliphatic rings. The Balaban J connectivity index is 2.36. The minimum atomic E-state index is -3.61. The lowest BCUT2D eigenvalue weighted by Gasteiger charge is -2.21. The van der Waals surface area contributed by atoms with Crippen LogP contribution in [0, 0.1) is 0 Å². The molecule has 0 fully saturated rings. The second kappa shape index (κ2) is 6.55. The molecule has 1 aromatic carbocycles. The Kier molecular flexibility index (Phi) is 4.97. The van der Waals surface area contributed by atoms with Crippen molar-refractivity contribution in [1.29, 1.82) is 0 Å². The number of aromatic nitrogens is 1. The molecule has 0 radical (unpaired) electrons. The number of halogens is 1. The fourth-order valence-electron chi connectivity index (χ4n) is 1.90. The van der Waals surface area contributed by atoms with E-state index in [0.717, 1.165) is 0 Å². The lowest BCUT2D eigenvalue weighted by Crippen LogP contribution is -2.31. The number of benzene rings is 1. The highest BCUT2D eigenvalue weighted by molar-refractivity contribution is 9.10. The van der Waals surface area contributed by atoms with Gasteiger partial charge in [0.2, 0.25) is 10.0 Å². The van der Waals surface area contributed by atoms with Crippen molar-refractivity contribution in [2.24, 2.45) is 0 Å². The largest absolute Gasteiger partial charge is 0.399 e. The first kappa shape index (κ1) is 15.9. The molecule has 112 valence electrons. The number of anilines is 1. The number of nitrogen functional groups attached to an aromatic ring is 1. The topological polar surface area (TPSA) is 76.3 Å². The van der Waals surface area contributed by atoms with Gasteiger partial charge < -0.3 is 5.73 Å². The van der Waals surface area contributed by atoms with Gasteiger partial charge in [-0.2, -0.15) is 4.31 Å². The third-order valence-electron chi connectivity index (χ3n) is 2.99. The summed E-state index contributed by atoms with van der Waals surface area (Å²) in [6, 6.07) is 10.1. The zero-order valence-electron chi connectivity index (χ0n) is 11.5. The fraction of sp³-hybridized carbons (Fsp3) is 0.214. The standard InChI is InChI=1S/C14H16BrN3O2S/c1-2-18(10-12-5-3-4-8-17-12)21(19,20)14-7-6-11(16)9-13(14)15/h3-9H,2,10,16H2,1H3. The van der Waals surface area contributed by atoms with Crippen LogP contribution in [0.1, 0.15) is 12.6 Å². The van der Waals surface area contributed by atoms with Crippen LogP contribution in [0.5, 0.6) is 0 Å². The molecule has 0 aliphatic carbocycles. The Bertz CT molecular complexity index is 720. The summed E-state index contributed by atoms with van der Waals surface area (Å²) in [6.45, 7) is 2.39. The van der Waals surface area contributed by atoms with E-state index < -0.39 is 10.0 Å². The number of nitrogens with two attached hydrogens (primary N) is 1. The minimum Gasteiger partial charge on any atom is -0.399 e. The third-order valence-corrected chi connectivity index (χ3v) is 5.89. The van der Waals surface area contributed by atoms with E-state index in [1.807, 2.05) is 6.07 Å². The van der Waals surface area contributed by atoms with Crippen molar-refractivity contribution >= 4 is 31.6 Å². The predicted molar refractivity (Wildman–Crippen MR) is 86.1 cm³/mol. The third kappa shape index (κ3) is 3.61. The van der Waals surface area contributed by atoms with Crippen LogP contribution in [0.2, 0.25) is 0 Å². The monoisotopic (exact) mass is 369 g/mol. The van der Waals surface area contributed by atoms with E-state index in [0.29, 0.717) is 22.4 Å². The molecule has 0 saturated carbocycles. The van der Waals surface area contributed by atoms with Gasteiger partial charge >= 0.3 is 0 Å². The summed E-state index contributed by atoms with van der Waals surface area (Å²) >= 11 is 3.26. The number of hydrogen-bond acceptors (Lipinski definition) is 4. The summed E-state index contributed by atoms with van der Waals surface area (Å²) in [4.78, 5) is 4.38. The highest BCUT2D eigenvalue weighted by Gasteiger charge is 2.25. The molecule has 1 heterocycles. The van der Waals surface area contributed by atoms with Crippen molar-refractivity contribution in [3.8, 4) is 0 Å². The second-order valence-electron chi connectivity index (χ2n) is 4.44. The molecule has 2 aromatic rings. The molecule has 21 heavy (non-hydrogen) atoms. The van der Waals surface area contributed by atoms with Gasteiger partial charge in [-0.1, -0.05) is 13.0 Å². The zero-order valence-corrected chi connectivity index (χ0v) is 13.9. The van der Waals surface area contributed by atoms with E-state index in [2.05, 4.69) is 20.9 Å². The van der Waals surface area contributed by atoms with Gasteiger partial charge in [0.25, 0.3) is 0 Å². The average molecular weight is 370 g/mol. The Labute approximate surface area is 133 Å². The molecule has 2 rings (SSSR count). The van der Waals surface area contributed by atoms with Gasteiger partial charge in [-0.15, -0.1) is 0 Å². The molecule has 1 aromatic heterocycles. The van der Waals surface area contributed by atoms with Crippen molar-refractivity contribution in [2.75, 3.05) is 12.3 Å². The van der Waals surface area contributed by atoms with Gasteiger partial charge in [0.1, 0.15) is 0 Å². The van der Waals surface area contributed by atoms with E-state index in [1.54, 1.807) is 37.4 Å². The van der Waals surface area contributed by atoms with Gasteiger partial charge in [0.15, 0.2) is 0 Å². The zero-order chi connectivity index (χ0) is 15.5. The summed E-state index contributed by atoms with van der Waals surface area (Å²) in [5.41, 5.74) is 6.87. The molecule has 5 nitrogen and oxygen atoms in total. The highest BCUT2D eigenvalue weighted by Crippen LogP contribution is 2.27. The predicted octanol–water partition coefficient (Wildman–Crippen LogP) is 2.64. The van der Waals surface area contributed by atoms with Crippen molar-refractivity contribution < 1.29 is 8.42 Å². The van der Waals surface area contributed by atoms with Crippen molar-refractivity contribution in [1.82, 2.24) is 9.29 Å². The first-order chi connectivity index (χ1) is 9.95. The summed E-state index contributed by atoms with van der Waals surface area (Å²) in [5.74, 6) is 0. The van der Waals surface area contributed by atoms with Gasteiger partial charge in [0.05, 0.1) is 17.1 Å². The molecular weight excluding hydrogens is 354 g/mol. The van der Waals surface area contributed by atoms with Crippen LogP contribution in [0.4, 0.5) is 5.69 Å². The van der Waals surface area contributed by atoms with Crippen LogP contribution in [-0.2, 0) is 16.6 Å². The first-order valence-corrected chi connectivity index (χ1v) is 8.63. The summed E-state index contributed by atoms with van der Waals surface area (Å²) in [5, 5.41) is 0. The van der Waals surface area contributed by atoms with Gasteiger partial charge in [-0.25, -0.2) is 8.42 Å². The lowest BCUT2D eigenvalue weighted by atomic mass is 10.3. The Morgan fingerprint density at radius 3 is 2.62 bits per heavy atom. The number of pyridine rings is 1. The summed E-state index contributed by atoms with van der Waals surface area (Å²) in [6.07, 6.45) is 1.65. The summed E-state index contributed by atoms with van der Waals surface area (Å²) in [7, 11) is -3.61. The van der Waals surface area contributed by atoms with E-state index >= 15 is 0 Å². The van der Waals surface area contributed by atoms with Gasteiger partial charge in [0, 0.05) is 22.9 Å². The van der Waals surface area contributed by atoms with Crippen LogP contribution in [0.15, 0.2) is 52.0 Å². The molecule has 7 heteroatoms. The molecule has 0 atom stereocenters.